The van der Waals surface area contributed by atoms with E-state index in [9.17, 15) is 14.4 Å². The summed E-state index contributed by atoms with van der Waals surface area (Å²) >= 11 is 7.19. The Hall–Kier alpha value is -3.49. The fourth-order valence-electron chi connectivity index (χ4n) is 3.51. The molecule has 0 saturated heterocycles. The normalized spacial score (nSPS) is 13.6. The predicted octanol–water partition coefficient (Wildman–Crippen LogP) is 4.89. The van der Waals surface area contributed by atoms with Crippen LogP contribution < -0.4 is 9.30 Å². The second-order valence-electron chi connectivity index (χ2n) is 7.34. The van der Waals surface area contributed by atoms with E-state index in [2.05, 4.69) is 4.98 Å². The summed E-state index contributed by atoms with van der Waals surface area (Å²) in [5.41, 5.74) is 2.40. The molecule has 0 atom stereocenters. The number of hydrogen-bond acceptors (Lipinski definition) is 7. The Balaban J connectivity index is 1.87. The second kappa shape index (κ2) is 9.79. The summed E-state index contributed by atoms with van der Waals surface area (Å²) in [6, 6.07) is 13.7. The molecule has 0 aliphatic carbocycles. The van der Waals surface area contributed by atoms with Crippen LogP contribution in [0.5, 0.6) is 5.75 Å². The Kier molecular flexibility index (Phi) is 6.81. The van der Waals surface area contributed by atoms with Gasteiger partial charge in [-0.05, 0) is 59.9 Å². The first-order valence-corrected chi connectivity index (χ1v) is 11.6. The van der Waals surface area contributed by atoms with Gasteiger partial charge in [0.1, 0.15) is 10.7 Å². The molecule has 2 heterocycles. The lowest BCUT2D eigenvalue weighted by atomic mass is 10.0. The van der Waals surface area contributed by atoms with E-state index in [4.69, 9.17) is 21.1 Å². The van der Waals surface area contributed by atoms with Crippen molar-refractivity contribution in [2.24, 2.45) is 0 Å². The van der Waals surface area contributed by atoms with Crippen molar-refractivity contribution in [1.29, 1.82) is 0 Å². The summed E-state index contributed by atoms with van der Waals surface area (Å²) in [5, 5.41) is 1.04. The molecule has 7 nitrogen and oxygen atoms in total. The number of halogens is 1. The molecule has 34 heavy (non-hydrogen) atoms. The van der Waals surface area contributed by atoms with Crippen LogP contribution in [-0.2, 0) is 9.53 Å². The number of aromatic nitrogens is 2. The van der Waals surface area contributed by atoms with E-state index >= 15 is 0 Å². The van der Waals surface area contributed by atoms with Crippen LogP contribution in [-0.4, -0.2) is 29.4 Å². The molecule has 0 N–H and O–H groups in total. The highest BCUT2D eigenvalue weighted by Crippen LogP contribution is 2.35. The number of rotatable bonds is 5. The molecule has 1 aromatic heterocycles. The minimum Gasteiger partial charge on any atom is -0.462 e. The Morgan fingerprint density at radius 3 is 2.41 bits per heavy atom. The van der Waals surface area contributed by atoms with Crippen molar-refractivity contribution >= 4 is 47.3 Å². The molecule has 0 spiro atoms. The second-order valence-corrected chi connectivity index (χ2v) is 8.79. The summed E-state index contributed by atoms with van der Waals surface area (Å²) in [6.07, 6.45) is 1.75. The quantitative estimate of drug-likeness (QED) is 0.164. The largest absolute Gasteiger partial charge is 0.462 e. The Bertz CT molecular complexity index is 1330. The first-order valence-electron chi connectivity index (χ1n) is 10.4. The van der Waals surface area contributed by atoms with Gasteiger partial charge in [-0.2, -0.15) is 0 Å². The molecule has 0 bridgehead atoms. The van der Waals surface area contributed by atoms with Crippen molar-refractivity contribution in [3.63, 3.8) is 0 Å². The Labute approximate surface area is 205 Å². The number of nitrogens with zero attached hydrogens (tertiary/aromatic N) is 2. The van der Waals surface area contributed by atoms with E-state index in [1.54, 1.807) is 56.3 Å². The number of carbonyl (C=O) groups is 3. The monoisotopic (exact) mass is 495 g/mol. The zero-order valence-electron chi connectivity index (χ0n) is 18.6. The highest BCUT2D eigenvalue weighted by Gasteiger charge is 2.42. The molecular formula is C25H20ClN2O5S+. The van der Waals surface area contributed by atoms with E-state index in [1.807, 2.05) is 12.1 Å². The van der Waals surface area contributed by atoms with Gasteiger partial charge in [0.2, 0.25) is 0 Å². The van der Waals surface area contributed by atoms with E-state index in [1.165, 1.54) is 23.3 Å². The van der Waals surface area contributed by atoms with Crippen LogP contribution in [0.3, 0.4) is 0 Å². The number of ether oxygens (including phenoxy) is 2. The average molecular weight is 496 g/mol. The van der Waals surface area contributed by atoms with Gasteiger partial charge in [0.25, 0.3) is 0 Å². The van der Waals surface area contributed by atoms with Crippen LogP contribution in [0.25, 0.3) is 17.3 Å². The van der Waals surface area contributed by atoms with Crippen molar-refractivity contribution in [3.8, 4) is 17.0 Å². The van der Waals surface area contributed by atoms with E-state index in [0.717, 1.165) is 5.56 Å². The molecule has 0 unspecified atom stereocenters. The van der Waals surface area contributed by atoms with Crippen LogP contribution in [0.2, 0.25) is 5.02 Å². The minimum atomic E-state index is -0.574. The topological polar surface area (TPSA) is 86.4 Å². The van der Waals surface area contributed by atoms with Gasteiger partial charge in [0, 0.05) is 36.2 Å². The zero-order chi connectivity index (χ0) is 24.4. The van der Waals surface area contributed by atoms with Crippen molar-refractivity contribution in [2.45, 2.75) is 25.9 Å². The number of aryl methyl sites for hydroxylation is 1. The molecule has 9 heteroatoms. The Morgan fingerprint density at radius 2 is 1.79 bits per heavy atom. The van der Waals surface area contributed by atoms with Gasteiger partial charge >= 0.3 is 23.0 Å². The molecule has 3 aromatic rings. The molecule has 0 amide bonds. The van der Waals surface area contributed by atoms with Crippen molar-refractivity contribution in [3.05, 3.63) is 75.3 Å². The molecule has 1 aliphatic heterocycles. The molecule has 4 rings (SSSR count). The molecule has 172 valence electrons. The van der Waals surface area contributed by atoms with Crippen LogP contribution in [0, 0.1) is 6.92 Å². The van der Waals surface area contributed by atoms with Crippen molar-refractivity contribution < 1.29 is 28.4 Å². The van der Waals surface area contributed by atoms with Crippen LogP contribution in [0.15, 0.2) is 58.6 Å². The number of thioether (sulfide) groups is 1. The SMILES string of the molecule is CCOC(=O)c1c(C)nc2[n+](c1-c1ccc(OC(C)=O)cc1)C(=O)/C(=C\c1ccc(Cl)cc1)S2. The first kappa shape index (κ1) is 23.7. The maximum absolute atomic E-state index is 13.5. The lowest BCUT2D eigenvalue weighted by molar-refractivity contribution is -0.601. The van der Waals surface area contributed by atoms with E-state index in [0.29, 0.717) is 37.8 Å². The third-order valence-corrected chi connectivity index (χ3v) is 6.15. The molecule has 0 fully saturated rings. The number of benzene rings is 2. The van der Waals surface area contributed by atoms with Crippen molar-refractivity contribution in [2.75, 3.05) is 6.61 Å². The molecular weight excluding hydrogens is 476 g/mol. The lowest BCUT2D eigenvalue weighted by Gasteiger charge is -2.10. The number of hydrogen-bond donors (Lipinski definition) is 0. The van der Waals surface area contributed by atoms with Crippen LogP contribution >= 0.6 is 23.4 Å². The third-order valence-electron chi connectivity index (χ3n) is 4.93. The zero-order valence-corrected chi connectivity index (χ0v) is 20.2. The van der Waals surface area contributed by atoms with Gasteiger partial charge in [0.15, 0.2) is 17.0 Å². The number of esters is 2. The summed E-state index contributed by atoms with van der Waals surface area (Å²) in [7, 11) is 0. The average Bonchev–Trinajstić information content (AvgIpc) is 3.09. The molecule has 2 aromatic carbocycles. The number of carbonyl (C=O) groups excluding carboxylic acids is 3. The lowest BCUT2D eigenvalue weighted by Crippen LogP contribution is -2.45. The highest BCUT2D eigenvalue weighted by atomic mass is 35.5. The van der Waals surface area contributed by atoms with Gasteiger partial charge in [-0.25, -0.2) is 9.59 Å². The maximum Gasteiger partial charge on any atom is 0.372 e. The Morgan fingerprint density at radius 1 is 1.12 bits per heavy atom. The smallest absolute Gasteiger partial charge is 0.372 e. The highest BCUT2D eigenvalue weighted by molar-refractivity contribution is 8.04. The van der Waals surface area contributed by atoms with Gasteiger partial charge in [-0.3, -0.25) is 4.79 Å². The predicted molar refractivity (Wildman–Crippen MR) is 128 cm³/mol. The fourth-order valence-corrected chi connectivity index (χ4v) is 4.65. The fraction of sp³-hybridized carbons (Fsp3) is 0.160. The summed E-state index contributed by atoms with van der Waals surface area (Å²) in [6.45, 7) is 4.90. The maximum atomic E-state index is 13.5. The van der Waals surface area contributed by atoms with Gasteiger partial charge in [0.05, 0.1) is 6.61 Å². The third kappa shape index (κ3) is 4.73. The summed E-state index contributed by atoms with van der Waals surface area (Å²) < 4.78 is 11.8. The standard InChI is InChI=1S/C25H20ClN2O5S/c1-4-32-24(31)21-14(2)27-25-28(22(21)17-7-11-19(12-8-17)33-15(3)29)23(30)20(34-25)13-16-5-9-18(26)10-6-16/h5-13H,4H2,1-3H3/q+1/b20-13+. The van der Waals surface area contributed by atoms with Gasteiger partial charge < -0.3 is 9.47 Å². The molecule has 0 saturated carbocycles. The molecule has 1 aliphatic rings. The number of allylic oxidation sites excluding steroid dienone is 1. The van der Waals surface area contributed by atoms with Crippen LogP contribution in [0.1, 0.15) is 40.3 Å². The summed E-state index contributed by atoms with van der Waals surface area (Å²) in [4.78, 5) is 42.7. The van der Waals surface area contributed by atoms with Gasteiger partial charge in [-0.1, -0.05) is 23.7 Å². The minimum absolute atomic E-state index is 0.176. The molecule has 0 radical (unpaired) electrons. The van der Waals surface area contributed by atoms with E-state index in [-0.39, 0.29) is 18.1 Å². The summed E-state index contributed by atoms with van der Waals surface area (Å²) in [5.74, 6) is -0.981. The van der Waals surface area contributed by atoms with Crippen LogP contribution in [0.4, 0.5) is 0 Å². The first-order chi connectivity index (χ1) is 16.3. The number of fused-ring (bicyclic) bond motifs is 1. The van der Waals surface area contributed by atoms with Crippen molar-refractivity contribution in [1.82, 2.24) is 4.98 Å². The van der Waals surface area contributed by atoms with E-state index < -0.39 is 11.9 Å². The van der Waals surface area contributed by atoms with Gasteiger partial charge in [-0.15, -0.1) is 4.57 Å².